The average molecular weight is 296 g/mol. The number of hydrogen-bond acceptors (Lipinski definition) is 2. The molecule has 0 spiro atoms. The summed E-state index contributed by atoms with van der Waals surface area (Å²) < 4.78 is 5.66. The van der Waals surface area contributed by atoms with E-state index in [2.05, 4.69) is 34.3 Å². The summed E-state index contributed by atoms with van der Waals surface area (Å²) in [6, 6.07) is 0. The summed E-state index contributed by atoms with van der Waals surface area (Å²) in [5.41, 5.74) is 0.683. The molecule has 0 bridgehead atoms. The van der Waals surface area contributed by atoms with Gasteiger partial charge in [0.2, 0.25) is 0 Å². The number of ether oxygens (including phenoxy) is 1. The molecule has 2 atom stereocenters. The zero-order chi connectivity index (χ0) is 16.1. The van der Waals surface area contributed by atoms with Gasteiger partial charge in [0.25, 0.3) is 0 Å². The Morgan fingerprint density at radius 2 is 1.48 bits per heavy atom. The van der Waals surface area contributed by atoms with Gasteiger partial charge in [-0.3, -0.25) is 0 Å². The van der Waals surface area contributed by atoms with Crippen LogP contribution in [0.3, 0.4) is 0 Å². The number of rotatable bonds is 13. The highest BCUT2D eigenvalue weighted by Crippen LogP contribution is 2.23. The molecule has 2 unspecified atom stereocenters. The molecular formula is C19H36O2. The predicted molar refractivity (Wildman–Crippen MR) is 91.4 cm³/mol. The lowest BCUT2D eigenvalue weighted by atomic mass is 9.91. The highest BCUT2D eigenvalue weighted by Gasteiger charge is 2.21. The maximum absolute atomic E-state index is 12.3. The van der Waals surface area contributed by atoms with Crippen LogP contribution in [0.1, 0.15) is 91.9 Å². The Kier molecular flexibility index (Phi) is 12.4. The molecule has 0 aromatic heterocycles. The molecule has 2 nitrogen and oxygen atoms in total. The molecule has 0 saturated carbocycles. The highest BCUT2D eigenvalue weighted by molar-refractivity contribution is 5.88. The molecule has 0 heterocycles. The lowest BCUT2D eigenvalue weighted by Gasteiger charge is -2.21. The third-order valence-electron chi connectivity index (χ3n) is 4.26. The molecule has 0 fully saturated rings. The maximum Gasteiger partial charge on any atom is 0.333 e. The third-order valence-corrected chi connectivity index (χ3v) is 4.26. The highest BCUT2D eigenvalue weighted by atomic mass is 16.5. The quantitative estimate of drug-likeness (QED) is 0.235. The van der Waals surface area contributed by atoms with Crippen LogP contribution in [-0.4, -0.2) is 12.1 Å². The molecule has 0 N–H and O–H groups in total. The van der Waals surface area contributed by atoms with E-state index in [1.54, 1.807) is 0 Å². The molecule has 0 rings (SSSR count). The lowest BCUT2D eigenvalue weighted by molar-refractivity contribution is -0.145. The number of carbonyl (C=O) groups excluding carboxylic acids is 1. The zero-order valence-electron chi connectivity index (χ0n) is 14.7. The van der Waals surface area contributed by atoms with E-state index in [1.165, 1.54) is 32.1 Å². The fourth-order valence-electron chi connectivity index (χ4n) is 2.63. The largest absolute Gasteiger partial charge is 0.459 e. The van der Waals surface area contributed by atoms with Crippen molar-refractivity contribution in [1.82, 2.24) is 0 Å². The van der Waals surface area contributed by atoms with Crippen LogP contribution in [0.4, 0.5) is 0 Å². The molecule has 124 valence electrons. The lowest BCUT2D eigenvalue weighted by Crippen LogP contribution is -2.22. The maximum atomic E-state index is 12.3. The molecule has 0 aliphatic rings. The molecule has 0 aromatic rings. The second-order valence-electron chi connectivity index (χ2n) is 6.06. The number of hydrogen-bond donors (Lipinski definition) is 0. The van der Waals surface area contributed by atoms with Gasteiger partial charge in [-0.25, -0.2) is 4.79 Å². The first-order valence-electron chi connectivity index (χ1n) is 9.00. The number of carbonyl (C=O) groups is 1. The number of esters is 1. The summed E-state index contributed by atoms with van der Waals surface area (Å²) in [4.78, 5) is 12.3. The fourth-order valence-corrected chi connectivity index (χ4v) is 2.63. The van der Waals surface area contributed by atoms with Crippen LogP contribution < -0.4 is 0 Å². The minimum Gasteiger partial charge on any atom is -0.459 e. The van der Waals surface area contributed by atoms with Crippen molar-refractivity contribution in [3.8, 4) is 0 Å². The topological polar surface area (TPSA) is 26.3 Å². The zero-order valence-corrected chi connectivity index (χ0v) is 14.7. The molecule has 0 amide bonds. The van der Waals surface area contributed by atoms with Crippen LogP contribution >= 0.6 is 0 Å². The van der Waals surface area contributed by atoms with Gasteiger partial charge in [0.15, 0.2) is 0 Å². The Morgan fingerprint density at radius 3 is 1.95 bits per heavy atom. The van der Waals surface area contributed by atoms with Crippen LogP contribution in [0.2, 0.25) is 0 Å². The van der Waals surface area contributed by atoms with Gasteiger partial charge in [0.05, 0.1) is 0 Å². The summed E-state index contributed by atoms with van der Waals surface area (Å²) in [5, 5.41) is 0. The first kappa shape index (κ1) is 20.2. The van der Waals surface area contributed by atoms with E-state index in [0.717, 1.165) is 32.1 Å². The van der Waals surface area contributed by atoms with Crippen molar-refractivity contribution < 1.29 is 9.53 Å². The van der Waals surface area contributed by atoms with Crippen LogP contribution in [0.25, 0.3) is 0 Å². The monoisotopic (exact) mass is 296 g/mol. The van der Waals surface area contributed by atoms with Crippen molar-refractivity contribution >= 4 is 5.97 Å². The Hall–Kier alpha value is -0.790. The van der Waals surface area contributed by atoms with Gasteiger partial charge in [0.1, 0.15) is 6.10 Å². The van der Waals surface area contributed by atoms with Gasteiger partial charge < -0.3 is 4.74 Å². The predicted octanol–water partition coefficient (Wildman–Crippen LogP) is 6.05. The van der Waals surface area contributed by atoms with Crippen molar-refractivity contribution in [1.29, 1.82) is 0 Å². The van der Waals surface area contributed by atoms with Crippen molar-refractivity contribution in [2.45, 2.75) is 98.0 Å². The van der Waals surface area contributed by atoms with Gasteiger partial charge in [0, 0.05) is 5.57 Å². The van der Waals surface area contributed by atoms with E-state index in [1.807, 2.05) is 0 Å². The van der Waals surface area contributed by atoms with Crippen LogP contribution in [0.5, 0.6) is 0 Å². The molecule has 0 aliphatic carbocycles. The van der Waals surface area contributed by atoms with Gasteiger partial charge in [-0.15, -0.1) is 0 Å². The summed E-state index contributed by atoms with van der Waals surface area (Å²) in [5.74, 6) is 0.124. The van der Waals surface area contributed by atoms with Gasteiger partial charge in [-0.2, -0.15) is 0 Å². The van der Waals surface area contributed by atoms with E-state index in [0.29, 0.717) is 5.57 Å². The van der Waals surface area contributed by atoms with Crippen molar-refractivity contribution in [3.63, 3.8) is 0 Å². The summed E-state index contributed by atoms with van der Waals surface area (Å²) >= 11 is 0. The molecular weight excluding hydrogens is 260 g/mol. The Morgan fingerprint density at radius 1 is 0.905 bits per heavy atom. The number of unbranched alkanes of at least 4 members (excludes halogenated alkanes) is 4. The van der Waals surface area contributed by atoms with E-state index in [4.69, 9.17) is 4.74 Å². The van der Waals surface area contributed by atoms with Crippen molar-refractivity contribution in [2.24, 2.45) is 5.92 Å². The van der Waals surface area contributed by atoms with E-state index in [-0.39, 0.29) is 18.0 Å². The average Bonchev–Trinajstić information content (AvgIpc) is 2.50. The van der Waals surface area contributed by atoms with E-state index >= 15 is 0 Å². The smallest absolute Gasteiger partial charge is 0.333 e. The normalized spacial score (nSPS) is 13.7. The first-order valence-corrected chi connectivity index (χ1v) is 9.00. The van der Waals surface area contributed by atoms with E-state index < -0.39 is 0 Å². The minimum absolute atomic E-state index is 0.0638. The van der Waals surface area contributed by atoms with Crippen LogP contribution in [0, 0.1) is 5.92 Å². The summed E-state index contributed by atoms with van der Waals surface area (Å²) in [6.45, 7) is 12.6. The summed E-state index contributed by atoms with van der Waals surface area (Å²) in [7, 11) is 0. The van der Waals surface area contributed by atoms with Crippen molar-refractivity contribution in [2.75, 3.05) is 0 Å². The van der Waals surface area contributed by atoms with Crippen LogP contribution in [-0.2, 0) is 9.53 Å². The Bertz CT molecular complexity index is 283. The minimum atomic E-state index is -0.165. The Labute approximate surface area is 132 Å². The molecule has 0 saturated heterocycles. The van der Waals surface area contributed by atoms with Gasteiger partial charge >= 0.3 is 5.97 Å². The SMILES string of the molecule is C=C(C(=O)OC(CC)CCCCC)C(CC)CCCCC. The third kappa shape index (κ3) is 8.95. The molecule has 0 aromatic carbocycles. The molecule has 21 heavy (non-hydrogen) atoms. The van der Waals surface area contributed by atoms with E-state index in [9.17, 15) is 4.79 Å². The summed E-state index contributed by atoms with van der Waals surface area (Å²) in [6.07, 6.45) is 11.2. The van der Waals surface area contributed by atoms with Gasteiger partial charge in [-0.1, -0.05) is 66.4 Å². The van der Waals surface area contributed by atoms with Crippen molar-refractivity contribution in [3.05, 3.63) is 12.2 Å². The molecule has 2 heteroatoms. The van der Waals surface area contributed by atoms with Crippen LogP contribution in [0.15, 0.2) is 12.2 Å². The molecule has 0 radical (unpaired) electrons. The van der Waals surface area contributed by atoms with Gasteiger partial charge in [-0.05, 0) is 38.0 Å². The second-order valence-corrected chi connectivity index (χ2v) is 6.06. The fraction of sp³-hybridized carbons (Fsp3) is 0.842. The second kappa shape index (κ2) is 12.9. The molecule has 0 aliphatic heterocycles. The Balaban J connectivity index is 4.28. The first-order chi connectivity index (χ1) is 10.1. The standard InChI is InChI=1S/C19H36O2/c1-6-10-12-14-17(8-3)16(5)19(20)21-18(9-4)15-13-11-7-2/h17-18H,5-15H2,1-4H3.